The summed E-state index contributed by atoms with van der Waals surface area (Å²) in [5.74, 6) is 1.49. The maximum atomic E-state index is 11.9. The first kappa shape index (κ1) is 17.1. The second-order valence-corrected chi connectivity index (χ2v) is 5.76. The monoisotopic (exact) mass is 317 g/mol. The molecule has 0 bridgehead atoms. The number of hydrogen-bond donors (Lipinski definition) is 2. The Balaban J connectivity index is 1.72. The van der Waals surface area contributed by atoms with Crippen LogP contribution in [0.2, 0.25) is 0 Å². The number of aryl methyl sites for hydroxylation is 1. The Morgan fingerprint density at radius 3 is 2.70 bits per heavy atom. The Labute approximate surface area is 135 Å². The van der Waals surface area contributed by atoms with Crippen LogP contribution in [0.1, 0.15) is 55.4 Å². The van der Waals surface area contributed by atoms with Crippen LogP contribution in [0.15, 0.2) is 28.8 Å². The minimum atomic E-state index is -0.0265. The third-order valence-electron chi connectivity index (χ3n) is 3.56. The van der Waals surface area contributed by atoms with Gasteiger partial charge in [0.2, 0.25) is 11.8 Å². The average Bonchev–Trinajstić information content (AvgIpc) is 3.02. The van der Waals surface area contributed by atoms with Crippen LogP contribution in [0.25, 0.3) is 0 Å². The van der Waals surface area contributed by atoms with Crippen LogP contribution in [0.3, 0.4) is 0 Å². The topological polar surface area (TPSA) is 88.2 Å². The van der Waals surface area contributed by atoms with Gasteiger partial charge >= 0.3 is 0 Å². The number of hydrogen-bond acceptors (Lipinski definition) is 5. The molecule has 0 atom stereocenters. The lowest BCUT2D eigenvalue weighted by Gasteiger charge is -2.08. The van der Waals surface area contributed by atoms with E-state index in [1.807, 2.05) is 38.1 Å². The molecule has 0 radical (unpaired) electrons. The van der Waals surface area contributed by atoms with Gasteiger partial charge in [-0.3, -0.25) is 4.79 Å². The van der Waals surface area contributed by atoms with E-state index in [2.05, 4.69) is 15.5 Å². The fourth-order valence-corrected chi connectivity index (χ4v) is 2.17. The molecule has 124 valence electrons. The summed E-state index contributed by atoms with van der Waals surface area (Å²) < 4.78 is 5.15. The smallest absolute Gasteiger partial charge is 0.226 e. The fraction of sp³-hybridized carbons (Fsp3) is 0.471. The van der Waals surface area contributed by atoms with Crippen LogP contribution < -0.4 is 5.32 Å². The van der Waals surface area contributed by atoms with E-state index in [0.717, 1.165) is 11.1 Å². The molecule has 0 saturated heterocycles. The van der Waals surface area contributed by atoms with Crippen molar-refractivity contribution in [2.45, 2.75) is 52.2 Å². The largest absolute Gasteiger partial charge is 0.392 e. The summed E-state index contributed by atoms with van der Waals surface area (Å²) in [5.41, 5.74) is 1.77. The molecular weight excluding hydrogens is 294 g/mol. The number of carbonyl (C=O) groups excluding carboxylic acids is 1. The highest BCUT2D eigenvalue weighted by atomic mass is 16.5. The minimum absolute atomic E-state index is 0.0264. The zero-order valence-corrected chi connectivity index (χ0v) is 13.6. The van der Waals surface area contributed by atoms with Gasteiger partial charge in [0.15, 0.2) is 5.82 Å². The summed E-state index contributed by atoms with van der Waals surface area (Å²) >= 11 is 0. The number of aliphatic hydroxyl groups is 1. The van der Waals surface area contributed by atoms with Crippen LogP contribution >= 0.6 is 0 Å². The molecule has 0 unspecified atom stereocenters. The molecule has 0 aliphatic rings. The van der Waals surface area contributed by atoms with Crippen LogP contribution in [0.4, 0.5) is 0 Å². The van der Waals surface area contributed by atoms with Crippen LogP contribution in [-0.2, 0) is 24.4 Å². The van der Waals surface area contributed by atoms with Gasteiger partial charge in [0, 0.05) is 25.3 Å². The van der Waals surface area contributed by atoms with Crippen molar-refractivity contribution in [1.29, 1.82) is 0 Å². The third kappa shape index (κ3) is 5.17. The Morgan fingerprint density at radius 2 is 2.04 bits per heavy atom. The fourth-order valence-electron chi connectivity index (χ4n) is 2.17. The standard InChI is InChI=1S/C17H23N3O3/c1-12(2)17-19-16(23-20-17)9-5-8-15(22)18-10-13-6-3-4-7-14(13)11-21/h3-4,6-7,12,21H,5,8-11H2,1-2H3,(H,18,22). The van der Waals surface area contributed by atoms with Crippen molar-refractivity contribution in [1.82, 2.24) is 15.5 Å². The van der Waals surface area contributed by atoms with Gasteiger partial charge in [-0.1, -0.05) is 43.3 Å². The predicted molar refractivity (Wildman–Crippen MR) is 85.5 cm³/mol. The molecule has 2 rings (SSSR count). The van der Waals surface area contributed by atoms with Crippen molar-refractivity contribution < 1.29 is 14.4 Å². The number of aliphatic hydroxyl groups excluding tert-OH is 1. The van der Waals surface area contributed by atoms with Gasteiger partial charge in [0.1, 0.15) is 0 Å². The lowest BCUT2D eigenvalue weighted by Crippen LogP contribution is -2.23. The van der Waals surface area contributed by atoms with E-state index in [0.29, 0.717) is 37.5 Å². The molecule has 23 heavy (non-hydrogen) atoms. The van der Waals surface area contributed by atoms with Gasteiger partial charge in [-0.2, -0.15) is 4.98 Å². The van der Waals surface area contributed by atoms with Crippen molar-refractivity contribution >= 4 is 5.91 Å². The first-order chi connectivity index (χ1) is 11.1. The predicted octanol–water partition coefficient (Wildman–Crippen LogP) is 2.32. The van der Waals surface area contributed by atoms with E-state index in [1.165, 1.54) is 0 Å². The third-order valence-corrected chi connectivity index (χ3v) is 3.56. The quantitative estimate of drug-likeness (QED) is 0.780. The van der Waals surface area contributed by atoms with Crippen LogP contribution in [-0.4, -0.2) is 21.2 Å². The zero-order chi connectivity index (χ0) is 16.7. The van der Waals surface area contributed by atoms with Gasteiger partial charge in [-0.05, 0) is 17.5 Å². The molecule has 0 aliphatic heterocycles. The number of benzene rings is 1. The normalized spacial score (nSPS) is 11.0. The molecular formula is C17H23N3O3. The van der Waals surface area contributed by atoms with E-state index < -0.39 is 0 Å². The maximum Gasteiger partial charge on any atom is 0.226 e. The molecule has 1 aromatic heterocycles. The Kier molecular flexibility index (Phi) is 6.29. The highest BCUT2D eigenvalue weighted by molar-refractivity contribution is 5.75. The molecule has 0 saturated carbocycles. The van der Waals surface area contributed by atoms with E-state index in [1.54, 1.807) is 0 Å². The van der Waals surface area contributed by atoms with Gasteiger partial charge in [0.05, 0.1) is 6.61 Å². The second-order valence-electron chi connectivity index (χ2n) is 5.76. The van der Waals surface area contributed by atoms with Crippen molar-refractivity contribution in [2.24, 2.45) is 0 Å². The number of nitrogens with one attached hydrogen (secondary N) is 1. The van der Waals surface area contributed by atoms with Crippen molar-refractivity contribution in [3.05, 3.63) is 47.1 Å². The second kappa shape index (κ2) is 8.43. The van der Waals surface area contributed by atoms with E-state index in [-0.39, 0.29) is 18.4 Å². The number of rotatable bonds is 8. The molecule has 1 amide bonds. The van der Waals surface area contributed by atoms with E-state index >= 15 is 0 Å². The summed E-state index contributed by atoms with van der Waals surface area (Å²) in [6.07, 6.45) is 1.66. The summed E-state index contributed by atoms with van der Waals surface area (Å²) in [4.78, 5) is 16.2. The lowest BCUT2D eigenvalue weighted by atomic mass is 10.1. The SMILES string of the molecule is CC(C)c1noc(CCCC(=O)NCc2ccccc2CO)n1. The molecule has 2 N–H and O–H groups in total. The number of amides is 1. The summed E-state index contributed by atoms with van der Waals surface area (Å²) in [7, 11) is 0. The molecule has 0 spiro atoms. The molecule has 1 heterocycles. The summed E-state index contributed by atoms with van der Waals surface area (Å²) in [6, 6.07) is 7.51. The summed E-state index contributed by atoms with van der Waals surface area (Å²) in [6.45, 7) is 4.41. The van der Waals surface area contributed by atoms with Crippen molar-refractivity contribution in [3.8, 4) is 0 Å². The van der Waals surface area contributed by atoms with Gasteiger partial charge in [-0.25, -0.2) is 0 Å². The number of nitrogens with zero attached hydrogens (tertiary/aromatic N) is 2. The average molecular weight is 317 g/mol. The zero-order valence-electron chi connectivity index (χ0n) is 13.6. The summed E-state index contributed by atoms with van der Waals surface area (Å²) in [5, 5.41) is 16.0. The van der Waals surface area contributed by atoms with Gasteiger partial charge in [0.25, 0.3) is 0 Å². The van der Waals surface area contributed by atoms with Crippen LogP contribution in [0, 0.1) is 0 Å². The Hall–Kier alpha value is -2.21. The van der Waals surface area contributed by atoms with E-state index in [4.69, 9.17) is 4.52 Å². The maximum absolute atomic E-state index is 11.9. The van der Waals surface area contributed by atoms with Crippen LogP contribution in [0.5, 0.6) is 0 Å². The van der Waals surface area contributed by atoms with Gasteiger partial charge < -0.3 is 14.9 Å². The molecule has 0 fully saturated rings. The lowest BCUT2D eigenvalue weighted by molar-refractivity contribution is -0.121. The molecule has 6 heteroatoms. The first-order valence-corrected chi connectivity index (χ1v) is 7.87. The Morgan fingerprint density at radius 1 is 1.30 bits per heavy atom. The molecule has 1 aromatic carbocycles. The molecule has 6 nitrogen and oxygen atoms in total. The van der Waals surface area contributed by atoms with Crippen molar-refractivity contribution in [3.63, 3.8) is 0 Å². The minimum Gasteiger partial charge on any atom is -0.392 e. The molecule has 0 aliphatic carbocycles. The number of aromatic nitrogens is 2. The first-order valence-electron chi connectivity index (χ1n) is 7.87. The molecule has 2 aromatic rings. The highest BCUT2D eigenvalue weighted by Gasteiger charge is 2.10. The highest BCUT2D eigenvalue weighted by Crippen LogP contribution is 2.11. The van der Waals surface area contributed by atoms with E-state index in [9.17, 15) is 9.90 Å². The Bertz CT molecular complexity index is 638. The van der Waals surface area contributed by atoms with Crippen molar-refractivity contribution in [2.75, 3.05) is 0 Å². The van der Waals surface area contributed by atoms with Gasteiger partial charge in [-0.15, -0.1) is 0 Å². The number of carbonyl (C=O) groups is 1.